The third-order valence-corrected chi connectivity index (χ3v) is 5.92. The number of carbonyl (C=O) groups is 1. The molecule has 0 bridgehead atoms. The summed E-state index contributed by atoms with van der Waals surface area (Å²) in [6.07, 6.45) is 3.71. The number of likely N-dealkylation sites (N-methyl/N-ethyl adjacent to an activating group) is 1. The molecule has 4 aromatic rings. The number of nitrogens with one attached hydrogen (secondary N) is 1. The zero-order valence-corrected chi connectivity index (χ0v) is 20.2. The van der Waals surface area contributed by atoms with Crippen LogP contribution < -0.4 is 5.32 Å². The minimum absolute atomic E-state index is 0.108. The fourth-order valence-electron chi connectivity index (χ4n) is 4.03. The summed E-state index contributed by atoms with van der Waals surface area (Å²) in [5.41, 5.74) is 1.55. The number of anilines is 2. The first-order chi connectivity index (χ1) is 17.3. The molecule has 1 saturated heterocycles. The average molecular weight is 487 g/mol. The summed E-state index contributed by atoms with van der Waals surface area (Å²) in [5.74, 6) is 0.727. The summed E-state index contributed by atoms with van der Waals surface area (Å²) in [6, 6.07) is 12.6. The highest BCUT2D eigenvalue weighted by molar-refractivity contribution is 5.87. The van der Waals surface area contributed by atoms with Crippen molar-refractivity contribution in [2.24, 2.45) is 0 Å². The van der Waals surface area contributed by atoms with E-state index in [0.717, 1.165) is 12.1 Å². The average Bonchev–Trinajstić information content (AvgIpc) is 3.48. The Morgan fingerprint density at radius 2 is 1.86 bits per heavy atom. The quantitative estimate of drug-likeness (QED) is 0.401. The molecular formula is C25H26N8O3. The number of carbonyl (C=O) groups excluding carboxylic acids is 1. The van der Waals surface area contributed by atoms with Crippen molar-refractivity contribution in [1.82, 2.24) is 34.9 Å². The Balaban J connectivity index is 1.35. The standard InChI is InChI=1S/C25H26N8O3/c1-32(2)15-16-7-8-22(27-14-16)30-24-26-11-9-19(29-24)17-5-4-6-18(28-17)20-13-21(36-31-20)25(35)10-12-33(3)23(25)34/h4-9,11,13-14,35H,10,12,15H2,1-3H3,(H,26,27,29,30)/t25-/m1/s1. The zero-order chi connectivity index (χ0) is 25.3. The molecule has 5 heterocycles. The fourth-order valence-corrected chi connectivity index (χ4v) is 4.03. The third kappa shape index (κ3) is 4.66. The van der Waals surface area contributed by atoms with Gasteiger partial charge in [0.15, 0.2) is 5.76 Å². The molecule has 0 unspecified atom stereocenters. The van der Waals surface area contributed by atoms with Crippen LogP contribution in [0.25, 0.3) is 22.8 Å². The number of nitrogens with zero attached hydrogens (tertiary/aromatic N) is 7. The highest BCUT2D eigenvalue weighted by Gasteiger charge is 2.48. The normalized spacial score (nSPS) is 17.7. The Kier molecular flexibility index (Phi) is 6.17. The van der Waals surface area contributed by atoms with Crippen molar-refractivity contribution < 1.29 is 14.4 Å². The summed E-state index contributed by atoms with van der Waals surface area (Å²) in [7, 11) is 5.66. The Hall–Kier alpha value is -4.22. The van der Waals surface area contributed by atoms with Gasteiger partial charge < -0.3 is 24.7 Å². The molecule has 184 valence electrons. The van der Waals surface area contributed by atoms with Crippen LogP contribution in [0.15, 0.2) is 59.4 Å². The first-order valence-corrected chi connectivity index (χ1v) is 11.4. The molecule has 1 aliphatic rings. The number of amides is 1. The summed E-state index contributed by atoms with van der Waals surface area (Å²) in [6.45, 7) is 1.25. The summed E-state index contributed by atoms with van der Waals surface area (Å²) in [5, 5.41) is 18.0. The second-order valence-electron chi connectivity index (χ2n) is 9.00. The molecule has 0 aliphatic carbocycles. The van der Waals surface area contributed by atoms with E-state index in [1.807, 2.05) is 44.6 Å². The second kappa shape index (κ2) is 9.44. The molecule has 4 aromatic heterocycles. The van der Waals surface area contributed by atoms with Gasteiger partial charge in [0.1, 0.15) is 11.5 Å². The number of aromatic nitrogens is 5. The molecule has 2 N–H and O–H groups in total. The van der Waals surface area contributed by atoms with Crippen LogP contribution in [0.2, 0.25) is 0 Å². The van der Waals surface area contributed by atoms with Gasteiger partial charge >= 0.3 is 0 Å². The maximum Gasteiger partial charge on any atom is 0.262 e. The molecule has 1 fully saturated rings. The lowest BCUT2D eigenvalue weighted by molar-refractivity contribution is -0.144. The van der Waals surface area contributed by atoms with E-state index in [4.69, 9.17) is 4.52 Å². The summed E-state index contributed by atoms with van der Waals surface area (Å²) in [4.78, 5) is 33.9. The van der Waals surface area contributed by atoms with E-state index < -0.39 is 11.5 Å². The molecule has 11 nitrogen and oxygen atoms in total. The molecule has 0 radical (unpaired) electrons. The van der Waals surface area contributed by atoms with Crippen LogP contribution in [-0.4, -0.2) is 73.6 Å². The topological polar surface area (TPSA) is 133 Å². The van der Waals surface area contributed by atoms with E-state index in [1.165, 1.54) is 4.90 Å². The predicted octanol–water partition coefficient (Wildman–Crippen LogP) is 2.44. The van der Waals surface area contributed by atoms with Crippen LogP contribution in [-0.2, 0) is 16.9 Å². The SMILES string of the molecule is CN(C)Cc1ccc(Nc2nccc(-c3cccc(-c4cc([C@]5(O)CCN(C)C5=O)on4)n3)n2)nc1. The van der Waals surface area contributed by atoms with Gasteiger partial charge in [0, 0.05) is 45.0 Å². The van der Waals surface area contributed by atoms with Crippen molar-refractivity contribution >= 4 is 17.7 Å². The first kappa shape index (κ1) is 23.5. The van der Waals surface area contributed by atoms with Crippen molar-refractivity contribution in [2.75, 3.05) is 33.0 Å². The van der Waals surface area contributed by atoms with Crippen LogP contribution >= 0.6 is 0 Å². The van der Waals surface area contributed by atoms with Crippen molar-refractivity contribution in [3.05, 3.63) is 66.2 Å². The Bertz CT molecular complexity index is 1390. The van der Waals surface area contributed by atoms with Crippen molar-refractivity contribution in [3.63, 3.8) is 0 Å². The number of likely N-dealkylation sites (tertiary alicyclic amines) is 1. The number of hydrogen-bond donors (Lipinski definition) is 2. The van der Waals surface area contributed by atoms with Gasteiger partial charge in [-0.1, -0.05) is 17.3 Å². The van der Waals surface area contributed by atoms with Crippen LogP contribution in [0.1, 0.15) is 17.7 Å². The smallest absolute Gasteiger partial charge is 0.262 e. The predicted molar refractivity (Wildman–Crippen MR) is 132 cm³/mol. The number of rotatable bonds is 7. The van der Waals surface area contributed by atoms with E-state index in [0.29, 0.717) is 41.1 Å². The monoisotopic (exact) mass is 486 g/mol. The second-order valence-corrected chi connectivity index (χ2v) is 9.00. The van der Waals surface area contributed by atoms with Gasteiger partial charge in [0.25, 0.3) is 5.91 Å². The van der Waals surface area contributed by atoms with Crippen molar-refractivity contribution in [2.45, 2.75) is 18.6 Å². The third-order valence-electron chi connectivity index (χ3n) is 5.92. The minimum atomic E-state index is -1.70. The number of aliphatic hydroxyl groups is 1. The molecule has 36 heavy (non-hydrogen) atoms. The van der Waals surface area contributed by atoms with Crippen LogP contribution in [0, 0.1) is 0 Å². The lowest BCUT2D eigenvalue weighted by Crippen LogP contribution is -2.35. The maximum absolute atomic E-state index is 12.4. The van der Waals surface area contributed by atoms with E-state index in [9.17, 15) is 9.90 Å². The van der Waals surface area contributed by atoms with E-state index >= 15 is 0 Å². The minimum Gasteiger partial charge on any atom is -0.373 e. The van der Waals surface area contributed by atoms with Gasteiger partial charge in [-0.15, -0.1) is 0 Å². The lowest BCUT2D eigenvalue weighted by atomic mass is 9.98. The number of pyridine rings is 2. The van der Waals surface area contributed by atoms with E-state index in [1.54, 1.807) is 31.4 Å². The molecule has 5 rings (SSSR count). The molecule has 1 atom stereocenters. The molecule has 1 aliphatic heterocycles. The highest BCUT2D eigenvalue weighted by Crippen LogP contribution is 2.34. The van der Waals surface area contributed by atoms with Crippen LogP contribution in [0.3, 0.4) is 0 Å². The van der Waals surface area contributed by atoms with Crippen LogP contribution in [0.5, 0.6) is 0 Å². The Labute approximate surface area is 207 Å². The van der Waals surface area contributed by atoms with Gasteiger partial charge in [-0.25, -0.2) is 19.9 Å². The van der Waals surface area contributed by atoms with Gasteiger partial charge in [-0.05, 0) is 43.9 Å². The van der Waals surface area contributed by atoms with Gasteiger partial charge in [-0.2, -0.15) is 0 Å². The van der Waals surface area contributed by atoms with Crippen molar-refractivity contribution in [3.8, 4) is 22.8 Å². The Morgan fingerprint density at radius 3 is 2.56 bits per heavy atom. The summed E-state index contributed by atoms with van der Waals surface area (Å²) < 4.78 is 5.35. The van der Waals surface area contributed by atoms with Gasteiger partial charge in [0.2, 0.25) is 11.5 Å². The molecule has 11 heteroatoms. The fraction of sp³-hybridized carbons (Fsp3) is 0.280. The summed E-state index contributed by atoms with van der Waals surface area (Å²) >= 11 is 0. The lowest BCUT2D eigenvalue weighted by Gasteiger charge is -2.16. The van der Waals surface area contributed by atoms with Crippen molar-refractivity contribution in [1.29, 1.82) is 0 Å². The molecule has 0 spiro atoms. The zero-order valence-electron chi connectivity index (χ0n) is 20.2. The van der Waals surface area contributed by atoms with E-state index in [-0.39, 0.29) is 12.2 Å². The van der Waals surface area contributed by atoms with Crippen LogP contribution in [0.4, 0.5) is 11.8 Å². The molecule has 1 amide bonds. The highest BCUT2D eigenvalue weighted by atomic mass is 16.5. The molecular weight excluding hydrogens is 460 g/mol. The Morgan fingerprint density at radius 1 is 1.08 bits per heavy atom. The van der Waals surface area contributed by atoms with Gasteiger partial charge in [0.05, 0.1) is 17.1 Å². The molecule has 0 saturated carbocycles. The largest absolute Gasteiger partial charge is 0.373 e. The first-order valence-electron chi connectivity index (χ1n) is 11.4. The maximum atomic E-state index is 12.4. The number of hydrogen-bond acceptors (Lipinski definition) is 10. The molecule has 0 aromatic carbocycles. The van der Waals surface area contributed by atoms with Gasteiger partial charge in [-0.3, -0.25) is 4.79 Å². The van der Waals surface area contributed by atoms with E-state index in [2.05, 4.69) is 35.3 Å².